The average molecular weight is 379 g/mol. The van der Waals surface area contributed by atoms with Crippen LogP contribution in [0, 0.1) is 0 Å². The number of methoxy groups -OCH3 is 1. The Balaban J connectivity index is 1.87. The first-order valence-electron chi connectivity index (χ1n) is 9.35. The molecule has 0 atom stereocenters. The van der Waals surface area contributed by atoms with Crippen LogP contribution in [0.25, 0.3) is 17.1 Å². The van der Waals surface area contributed by atoms with Crippen LogP contribution in [-0.2, 0) is 28.9 Å². The van der Waals surface area contributed by atoms with Crippen molar-refractivity contribution in [3.05, 3.63) is 71.6 Å². The van der Waals surface area contributed by atoms with Gasteiger partial charge in [-0.25, -0.2) is 10.5 Å². The van der Waals surface area contributed by atoms with Crippen molar-refractivity contribution in [1.82, 2.24) is 15.0 Å². The Morgan fingerprint density at radius 3 is 2.79 bits per heavy atom. The molecule has 0 bridgehead atoms. The Kier molecular flexibility index (Phi) is 6.94. The second kappa shape index (κ2) is 9.82. The molecule has 146 valence electrons. The van der Waals surface area contributed by atoms with E-state index in [1.54, 1.807) is 18.7 Å². The topological polar surface area (TPSA) is 76.4 Å². The van der Waals surface area contributed by atoms with E-state index in [1.807, 2.05) is 24.3 Å². The van der Waals surface area contributed by atoms with E-state index in [2.05, 4.69) is 28.8 Å². The van der Waals surface area contributed by atoms with Gasteiger partial charge in [0.25, 0.3) is 5.91 Å². The van der Waals surface area contributed by atoms with Crippen LogP contribution in [0.5, 0.6) is 0 Å². The lowest BCUT2D eigenvalue weighted by atomic mass is 10.1. The maximum atomic E-state index is 11.2. The first kappa shape index (κ1) is 19.8. The van der Waals surface area contributed by atoms with Gasteiger partial charge in [0.2, 0.25) is 0 Å². The maximum absolute atomic E-state index is 11.2. The number of hydrogen-bond donors (Lipinski definition) is 2. The highest BCUT2D eigenvalue weighted by Gasteiger charge is 2.11. The van der Waals surface area contributed by atoms with Crippen molar-refractivity contribution in [2.45, 2.75) is 25.8 Å². The summed E-state index contributed by atoms with van der Waals surface area (Å²) < 4.78 is 7.46. The molecule has 3 aromatic rings. The van der Waals surface area contributed by atoms with Crippen LogP contribution in [0.1, 0.15) is 23.4 Å². The molecule has 28 heavy (non-hydrogen) atoms. The van der Waals surface area contributed by atoms with E-state index < -0.39 is 5.91 Å². The van der Waals surface area contributed by atoms with E-state index in [0.717, 1.165) is 48.2 Å². The van der Waals surface area contributed by atoms with Gasteiger partial charge in [0, 0.05) is 32.8 Å². The Labute approximate surface area is 164 Å². The lowest BCUT2D eigenvalue weighted by Crippen LogP contribution is -2.14. The lowest BCUT2D eigenvalue weighted by Gasteiger charge is -2.09. The maximum Gasteiger partial charge on any atom is 0.267 e. The summed E-state index contributed by atoms with van der Waals surface area (Å²) in [7, 11) is 1.71. The number of fused-ring (bicyclic) bond motifs is 1. The number of carbonyl (C=O) groups is 1. The zero-order chi connectivity index (χ0) is 19.8. The summed E-state index contributed by atoms with van der Waals surface area (Å²) >= 11 is 0. The molecular formula is C22H25N3O3. The van der Waals surface area contributed by atoms with Gasteiger partial charge in [0.05, 0.1) is 11.0 Å². The van der Waals surface area contributed by atoms with Gasteiger partial charge in [-0.05, 0) is 42.2 Å². The summed E-state index contributed by atoms with van der Waals surface area (Å²) in [5.41, 5.74) is 5.70. The molecule has 1 heterocycles. The molecule has 1 aromatic heterocycles. The number of nitrogens with zero attached hydrogens (tertiary/aromatic N) is 2. The Bertz CT molecular complexity index is 948. The van der Waals surface area contributed by atoms with Crippen LogP contribution in [0.3, 0.4) is 0 Å². The van der Waals surface area contributed by atoms with Crippen LogP contribution >= 0.6 is 0 Å². The number of carbonyl (C=O) groups excluding carboxylic acids is 1. The molecule has 0 radical (unpaired) electrons. The van der Waals surface area contributed by atoms with Crippen LogP contribution in [-0.4, -0.2) is 34.4 Å². The number of benzene rings is 2. The number of imidazole rings is 1. The van der Waals surface area contributed by atoms with Crippen molar-refractivity contribution in [2.75, 3.05) is 13.7 Å². The minimum atomic E-state index is -0.561. The fourth-order valence-corrected chi connectivity index (χ4v) is 3.22. The van der Waals surface area contributed by atoms with E-state index in [-0.39, 0.29) is 0 Å². The smallest absolute Gasteiger partial charge is 0.267 e. The summed E-state index contributed by atoms with van der Waals surface area (Å²) in [5, 5.41) is 8.60. The average Bonchev–Trinajstić information content (AvgIpc) is 3.08. The Morgan fingerprint density at radius 1 is 1.21 bits per heavy atom. The Hall–Kier alpha value is -2.96. The number of aromatic nitrogens is 2. The molecule has 0 unspecified atom stereocenters. The zero-order valence-electron chi connectivity index (χ0n) is 16.0. The van der Waals surface area contributed by atoms with E-state index in [4.69, 9.17) is 14.9 Å². The van der Waals surface area contributed by atoms with Crippen molar-refractivity contribution in [2.24, 2.45) is 0 Å². The molecule has 0 fully saturated rings. The van der Waals surface area contributed by atoms with Crippen molar-refractivity contribution in [1.29, 1.82) is 0 Å². The molecule has 0 aliphatic carbocycles. The van der Waals surface area contributed by atoms with Gasteiger partial charge in [0.1, 0.15) is 5.82 Å². The number of aryl methyl sites for hydroxylation is 3. The van der Waals surface area contributed by atoms with E-state index in [0.29, 0.717) is 6.61 Å². The van der Waals surface area contributed by atoms with Gasteiger partial charge >= 0.3 is 0 Å². The molecule has 1 amide bonds. The van der Waals surface area contributed by atoms with E-state index >= 15 is 0 Å². The summed E-state index contributed by atoms with van der Waals surface area (Å²) in [6, 6.07) is 16.3. The quantitative estimate of drug-likeness (QED) is 0.259. The van der Waals surface area contributed by atoms with E-state index in [9.17, 15) is 4.79 Å². The van der Waals surface area contributed by atoms with Gasteiger partial charge in [0.15, 0.2) is 0 Å². The molecular weight excluding hydrogens is 354 g/mol. The minimum absolute atomic E-state index is 0.561. The number of nitrogens with one attached hydrogen (secondary N) is 1. The van der Waals surface area contributed by atoms with Gasteiger partial charge < -0.3 is 9.30 Å². The lowest BCUT2D eigenvalue weighted by molar-refractivity contribution is -0.124. The zero-order valence-corrected chi connectivity index (χ0v) is 16.0. The fourth-order valence-electron chi connectivity index (χ4n) is 3.22. The van der Waals surface area contributed by atoms with Crippen molar-refractivity contribution in [3.8, 4) is 0 Å². The van der Waals surface area contributed by atoms with Gasteiger partial charge in [-0.1, -0.05) is 36.4 Å². The minimum Gasteiger partial charge on any atom is -0.385 e. The molecule has 6 nitrogen and oxygen atoms in total. The van der Waals surface area contributed by atoms with Crippen LogP contribution in [0.4, 0.5) is 0 Å². The molecule has 0 saturated carbocycles. The number of amides is 1. The van der Waals surface area contributed by atoms with Crippen LogP contribution in [0.2, 0.25) is 0 Å². The van der Waals surface area contributed by atoms with Gasteiger partial charge in [-0.15, -0.1) is 0 Å². The van der Waals surface area contributed by atoms with Crippen molar-refractivity contribution < 1.29 is 14.7 Å². The van der Waals surface area contributed by atoms with Crippen molar-refractivity contribution in [3.63, 3.8) is 0 Å². The molecule has 0 aliphatic rings. The monoisotopic (exact) mass is 379 g/mol. The number of hydroxylamine groups is 1. The molecule has 0 aliphatic heterocycles. The highest BCUT2D eigenvalue weighted by atomic mass is 16.5. The predicted octanol–water partition coefficient (Wildman–Crippen LogP) is 3.38. The highest BCUT2D eigenvalue weighted by Crippen LogP contribution is 2.21. The SMILES string of the molecule is COCCCn1c(CCc2ccccc2)nc2cc(C=CC(=O)NO)ccc21. The fraction of sp³-hybridized carbons (Fsp3) is 0.273. The molecule has 2 N–H and O–H groups in total. The molecule has 3 rings (SSSR count). The summed E-state index contributed by atoms with van der Waals surface area (Å²) in [6.45, 7) is 1.55. The summed E-state index contributed by atoms with van der Waals surface area (Å²) in [6.07, 6.45) is 5.63. The standard InChI is InChI=1S/C22H25N3O3/c1-28-15-5-14-25-20-11-8-18(10-13-22(26)24-27)16-19(20)23-21(25)12-9-17-6-3-2-4-7-17/h2-4,6-8,10-11,13,16,27H,5,9,12,14-15H2,1H3,(H,24,26). The predicted molar refractivity (Wildman–Crippen MR) is 109 cm³/mol. The van der Waals surface area contributed by atoms with Crippen LogP contribution < -0.4 is 5.48 Å². The number of ether oxygens (including phenoxy) is 1. The normalized spacial score (nSPS) is 11.4. The van der Waals surface area contributed by atoms with Crippen molar-refractivity contribution >= 4 is 23.0 Å². The third kappa shape index (κ3) is 5.06. The third-order valence-corrected chi connectivity index (χ3v) is 4.60. The van der Waals surface area contributed by atoms with Gasteiger partial charge in [-0.3, -0.25) is 10.0 Å². The number of hydrogen-bond acceptors (Lipinski definition) is 4. The highest BCUT2D eigenvalue weighted by molar-refractivity contribution is 5.91. The largest absolute Gasteiger partial charge is 0.385 e. The number of rotatable bonds is 9. The molecule has 2 aromatic carbocycles. The first-order chi connectivity index (χ1) is 13.7. The molecule has 6 heteroatoms. The summed E-state index contributed by atoms with van der Waals surface area (Å²) in [4.78, 5) is 16.0. The first-order valence-corrected chi connectivity index (χ1v) is 9.35. The third-order valence-electron chi connectivity index (χ3n) is 4.60. The van der Waals surface area contributed by atoms with Crippen LogP contribution in [0.15, 0.2) is 54.6 Å². The Morgan fingerprint density at radius 2 is 2.04 bits per heavy atom. The van der Waals surface area contributed by atoms with Gasteiger partial charge in [-0.2, -0.15) is 0 Å². The summed E-state index contributed by atoms with van der Waals surface area (Å²) in [5.74, 6) is 0.484. The molecule has 0 spiro atoms. The second-order valence-corrected chi connectivity index (χ2v) is 6.57. The van der Waals surface area contributed by atoms with E-state index in [1.165, 1.54) is 11.6 Å². The second-order valence-electron chi connectivity index (χ2n) is 6.57. The molecule has 0 saturated heterocycles.